The minimum absolute atomic E-state index is 0.0590. The van der Waals surface area contributed by atoms with E-state index in [1.54, 1.807) is 47.8 Å². The number of carboxylic acid groups (broad SMARTS) is 1. The predicted molar refractivity (Wildman–Crippen MR) is 294 cm³/mol. The van der Waals surface area contributed by atoms with Crippen molar-refractivity contribution < 1.29 is 57.8 Å². The molecule has 2 rings (SSSR count). The number of amides is 10. The Morgan fingerprint density at radius 3 is 1.80 bits per heavy atom. The molecule has 0 saturated carbocycles. The Kier molecular flexibility index (Phi) is 29.9. The topological polar surface area (TPSA) is 467 Å². The first-order chi connectivity index (χ1) is 37.2. The summed E-state index contributed by atoms with van der Waals surface area (Å²) < 4.78 is 0. The lowest BCUT2D eigenvalue weighted by molar-refractivity contribution is -0.144. The van der Waals surface area contributed by atoms with E-state index in [2.05, 4.69) is 52.2 Å². The Morgan fingerprint density at radius 2 is 1.24 bits per heavy atom. The van der Waals surface area contributed by atoms with Gasteiger partial charge in [0.15, 0.2) is 5.96 Å². The number of likely N-dealkylation sites (tertiary alicyclic amines) is 1. The summed E-state index contributed by atoms with van der Waals surface area (Å²) in [5.74, 6) is -9.99. The van der Waals surface area contributed by atoms with Gasteiger partial charge in [0.05, 0.1) is 12.4 Å². The maximum Gasteiger partial charge on any atom is 0.326 e. The normalized spacial score (nSPS) is 16.9. The molecule has 11 atom stereocenters. The number of guanidine groups is 1. The number of carboxylic acids is 1. The molecule has 1 fully saturated rings. The molecule has 29 heteroatoms. The first-order valence-electron chi connectivity index (χ1n) is 26.7. The second kappa shape index (κ2) is 34.8. The van der Waals surface area contributed by atoms with Crippen LogP contribution in [-0.2, 0) is 59.2 Å². The van der Waals surface area contributed by atoms with E-state index < -0.39 is 131 Å². The quantitative estimate of drug-likeness (QED) is 0.0182. The summed E-state index contributed by atoms with van der Waals surface area (Å²) in [5.41, 5.74) is 28.1. The van der Waals surface area contributed by atoms with E-state index in [0.29, 0.717) is 37.1 Å². The number of thioether (sulfide) groups is 1. The number of H-pyrrole nitrogens is 1. The lowest BCUT2D eigenvalue weighted by atomic mass is 9.96. The third-order valence-electron chi connectivity index (χ3n) is 13.5. The average molecular weight is 1140 g/mol. The van der Waals surface area contributed by atoms with Crippen LogP contribution in [0, 0.1) is 17.8 Å². The zero-order valence-corrected chi connectivity index (χ0v) is 47.3. The second-order valence-corrected chi connectivity index (χ2v) is 21.3. The van der Waals surface area contributed by atoms with Crippen LogP contribution in [0.5, 0.6) is 0 Å². The van der Waals surface area contributed by atoms with E-state index in [9.17, 15) is 57.8 Å². The van der Waals surface area contributed by atoms with Crippen LogP contribution in [0.25, 0.3) is 0 Å². The molecule has 0 bridgehead atoms. The fraction of sp³-hybridized carbons (Fsp3) is 0.700. The molecule has 1 aliphatic rings. The number of aliphatic imine (C=N–C) groups is 1. The number of hydrogen-bond acceptors (Lipinski definition) is 15. The van der Waals surface area contributed by atoms with Gasteiger partial charge in [0.1, 0.15) is 48.3 Å². The van der Waals surface area contributed by atoms with E-state index in [0.717, 1.165) is 0 Å². The summed E-state index contributed by atoms with van der Waals surface area (Å²) in [6, 6.07) is -11.5. The highest BCUT2D eigenvalue weighted by atomic mass is 32.2. The smallest absolute Gasteiger partial charge is 0.326 e. The third kappa shape index (κ3) is 23.8. The van der Waals surface area contributed by atoms with Gasteiger partial charge in [-0.25, -0.2) is 9.78 Å². The molecule has 0 unspecified atom stereocenters. The zero-order chi connectivity index (χ0) is 59.5. The molecule has 1 aromatic heterocycles. The van der Waals surface area contributed by atoms with Gasteiger partial charge in [-0.3, -0.25) is 52.9 Å². The maximum atomic E-state index is 14.4. The molecule has 2 heterocycles. The van der Waals surface area contributed by atoms with Gasteiger partial charge < -0.3 is 80.9 Å². The maximum absolute atomic E-state index is 14.4. The number of imidazole rings is 1. The van der Waals surface area contributed by atoms with Crippen LogP contribution in [0.3, 0.4) is 0 Å². The Labute approximate surface area is 465 Å². The summed E-state index contributed by atoms with van der Waals surface area (Å²) in [4.78, 5) is 160. The Bertz CT molecular complexity index is 2250. The second-order valence-electron chi connectivity index (χ2n) is 20.3. The van der Waals surface area contributed by atoms with E-state index in [4.69, 9.17) is 28.7 Å². The summed E-state index contributed by atoms with van der Waals surface area (Å²) in [6.45, 7) is 10.7. The molecular weight excluding hydrogens is 1050 g/mol. The standard InChI is InChI=1S/C50H86N16O12S/c1-8-27(5)39(47(75)60-31(14-16-37(52)67)43(71)65-40(49(77)78)28(6)9-2)64-45(73)35(23-29-24-56-25-58-29)62-44(72)34(22-26(3)4)63-46(74)36-13-11-20-66(36)48(76)33(15-17-38(53)68)61-42(70)32(18-21-79-7)59-41(69)30(51)12-10-19-57-50(54)55/h24-28,30-36,39-40H,8-23,51H2,1-7H3,(H2,52,67)(H2,53,68)(H,56,58)(H,59,69)(H,60,75)(H,61,70)(H,62,72)(H,63,74)(H,64,73)(H,65,71)(H,77,78)(H4,54,55,57)/t27-,28-,30-,31-,32-,33-,34-,35-,36-,39-,40-/m0/s1. The highest BCUT2D eigenvalue weighted by molar-refractivity contribution is 7.98. The van der Waals surface area contributed by atoms with Crippen LogP contribution in [0.15, 0.2) is 17.5 Å². The number of aromatic nitrogens is 2. The number of hydrogen-bond donors (Lipinski definition) is 14. The van der Waals surface area contributed by atoms with E-state index in [1.165, 1.54) is 29.2 Å². The number of nitrogens with one attached hydrogen (secondary N) is 8. The summed E-state index contributed by atoms with van der Waals surface area (Å²) >= 11 is 1.41. The van der Waals surface area contributed by atoms with E-state index >= 15 is 0 Å². The SMILES string of the molecule is CC[C@H](C)[C@H](NC(=O)[C@H](CCC(N)=O)NC(=O)[C@@H](NC(=O)[C@H](Cc1cnc[nH]1)NC(=O)[C@H](CC(C)C)NC(=O)[C@@H]1CCCN1C(=O)[C@H](CCC(N)=O)NC(=O)[C@H](CCSC)NC(=O)[C@@H](N)CCCN=C(N)N)[C@@H](C)CC)C(=O)O. The number of nitrogens with zero attached hydrogens (tertiary/aromatic N) is 3. The summed E-state index contributed by atoms with van der Waals surface area (Å²) in [5, 5.41) is 28.3. The average Bonchev–Trinajstić information content (AvgIpc) is 4.11. The van der Waals surface area contributed by atoms with Crippen molar-refractivity contribution in [3.8, 4) is 0 Å². The van der Waals surface area contributed by atoms with Gasteiger partial charge in [0.25, 0.3) is 0 Å². The first kappa shape index (κ1) is 68.1. The fourth-order valence-electron chi connectivity index (χ4n) is 8.53. The monoisotopic (exact) mass is 1130 g/mol. The highest BCUT2D eigenvalue weighted by Crippen LogP contribution is 2.21. The van der Waals surface area contributed by atoms with Crippen LogP contribution in [0.1, 0.15) is 124 Å². The Balaban J connectivity index is 2.42. The lowest BCUT2D eigenvalue weighted by Crippen LogP contribution is -2.61. The molecule has 0 spiro atoms. The molecule has 10 amide bonds. The zero-order valence-electron chi connectivity index (χ0n) is 46.5. The van der Waals surface area contributed by atoms with Crippen LogP contribution in [0.4, 0.5) is 0 Å². The Hall–Kier alpha value is -7.04. The number of nitrogens with two attached hydrogens (primary N) is 5. The van der Waals surface area contributed by atoms with Crippen LogP contribution >= 0.6 is 11.8 Å². The summed E-state index contributed by atoms with van der Waals surface area (Å²) in [7, 11) is 0. The van der Waals surface area contributed by atoms with Crippen LogP contribution in [-0.4, -0.2) is 170 Å². The van der Waals surface area contributed by atoms with Crippen LogP contribution in [0.2, 0.25) is 0 Å². The van der Waals surface area contributed by atoms with Crippen molar-refractivity contribution in [1.29, 1.82) is 0 Å². The number of carbonyl (C=O) groups is 11. The molecule has 1 aromatic rings. The largest absolute Gasteiger partial charge is 0.480 e. The molecule has 1 aliphatic heterocycles. The third-order valence-corrected chi connectivity index (χ3v) is 14.2. The molecule has 79 heavy (non-hydrogen) atoms. The highest BCUT2D eigenvalue weighted by Gasteiger charge is 2.41. The van der Waals surface area contributed by atoms with E-state index in [-0.39, 0.29) is 82.8 Å². The van der Waals surface area contributed by atoms with Gasteiger partial charge in [-0.2, -0.15) is 11.8 Å². The Morgan fingerprint density at radius 1 is 0.709 bits per heavy atom. The van der Waals surface area contributed by atoms with Gasteiger partial charge in [-0.05, 0) is 81.1 Å². The molecule has 28 nitrogen and oxygen atoms in total. The van der Waals surface area contributed by atoms with Crippen molar-refractivity contribution in [3.63, 3.8) is 0 Å². The molecular formula is C50H86N16O12S. The first-order valence-corrected chi connectivity index (χ1v) is 28.1. The number of primary amides is 2. The number of rotatable bonds is 37. The number of aromatic amines is 1. The van der Waals surface area contributed by atoms with Crippen molar-refractivity contribution >= 4 is 82.8 Å². The van der Waals surface area contributed by atoms with Gasteiger partial charge in [-0.15, -0.1) is 0 Å². The van der Waals surface area contributed by atoms with Crippen molar-refractivity contribution in [3.05, 3.63) is 18.2 Å². The number of aliphatic carboxylic acids is 1. The number of carbonyl (C=O) groups excluding carboxylic acids is 10. The fourth-order valence-corrected chi connectivity index (χ4v) is 9.00. The molecule has 0 aromatic carbocycles. The molecule has 19 N–H and O–H groups in total. The van der Waals surface area contributed by atoms with Crippen molar-refractivity contribution in [2.24, 2.45) is 51.4 Å². The van der Waals surface area contributed by atoms with Crippen molar-refractivity contribution in [2.45, 2.75) is 179 Å². The molecule has 444 valence electrons. The molecule has 0 radical (unpaired) electrons. The van der Waals surface area contributed by atoms with Gasteiger partial charge in [0, 0.05) is 44.2 Å². The minimum Gasteiger partial charge on any atom is -0.480 e. The van der Waals surface area contributed by atoms with E-state index in [1.807, 2.05) is 0 Å². The lowest BCUT2D eigenvalue weighted by Gasteiger charge is -2.31. The van der Waals surface area contributed by atoms with Gasteiger partial charge >= 0.3 is 5.97 Å². The molecule has 1 saturated heterocycles. The van der Waals surface area contributed by atoms with Gasteiger partial charge in [-0.1, -0.05) is 54.4 Å². The predicted octanol–water partition coefficient (Wildman–Crippen LogP) is -2.78. The van der Waals surface area contributed by atoms with Crippen molar-refractivity contribution in [2.75, 3.05) is 25.1 Å². The van der Waals surface area contributed by atoms with Crippen LogP contribution < -0.4 is 65.9 Å². The van der Waals surface area contributed by atoms with Crippen molar-refractivity contribution in [1.82, 2.24) is 52.1 Å². The van der Waals surface area contributed by atoms with Gasteiger partial charge in [0.2, 0.25) is 59.1 Å². The molecule has 0 aliphatic carbocycles. The summed E-state index contributed by atoms with van der Waals surface area (Å²) in [6.07, 6.45) is 5.24. The minimum atomic E-state index is -1.44.